The molecule has 0 aliphatic heterocycles. The Kier molecular flexibility index (Phi) is 6.32. The highest BCUT2D eigenvalue weighted by Gasteiger charge is 2.34. The number of hydrogen-bond donors (Lipinski definition) is 2. The van der Waals surface area contributed by atoms with Gasteiger partial charge in [-0.05, 0) is 30.5 Å². The molecule has 1 aliphatic rings. The largest absolute Gasteiger partial charge is 0.497 e. The van der Waals surface area contributed by atoms with Gasteiger partial charge < -0.3 is 15.4 Å². The lowest BCUT2D eigenvalue weighted by Crippen LogP contribution is -2.46. The lowest BCUT2D eigenvalue weighted by atomic mass is 9.69. The Labute approximate surface area is 161 Å². The number of aromatic nitrogens is 3. The topological polar surface area (TPSA) is 76.4 Å². The Balaban J connectivity index is 1.67. The maximum Gasteiger partial charge on any atom is 0.191 e. The van der Waals surface area contributed by atoms with Crippen molar-refractivity contribution < 1.29 is 4.74 Å². The molecule has 0 unspecified atom stereocenters. The molecule has 146 valence electrons. The van der Waals surface area contributed by atoms with E-state index in [1.54, 1.807) is 25.2 Å². The Morgan fingerprint density at radius 3 is 2.52 bits per heavy atom. The molecule has 7 nitrogen and oxygen atoms in total. The van der Waals surface area contributed by atoms with Crippen molar-refractivity contribution in [1.82, 2.24) is 25.4 Å². The van der Waals surface area contributed by atoms with Crippen LogP contribution in [0.25, 0.3) is 0 Å². The van der Waals surface area contributed by atoms with Gasteiger partial charge in [0, 0.05) is 26.1 Å². The molecule has 0 saturated heterocycles. The molecule has 27 heavy (non-hydrogen) atoms. The van der Waals surface area contributed by atoms with E-state index in [0.717, 1.165) is 24.1 Å². The van der Waals surface area contributed by atoms with Crippen molar-refractivity contribution in [1.29, 1.82) is 0 Å². The summed E-state index contributed by atoms with van der Waals surface area (Å²) in [5.41, 5.74) is 1.51. The smallest absolute Gasteiger partial charge is 0.191 e. The third-order valence-electron chi connectivity index (χ3n) is 5.55. The minimum absolute atomic E-state index is 0.132. The van der Waals surface area contributed by atoms with Gasteiger partial charge in [-0.1, -0.05) is 31.4 Å². The van der Waals surface area contributed by atoms with Crippen LogP contribution in [0.4, 0.5) is 0 Å². The van der Waals surface area contributed by atoms with Gasteiger partial charge in [-0.3, -0.25) is 9.67 Å². The van der Waals surface area contributed by atoms with E-state index in [1.165, 1.54) is 37.7 Å². The first-order valence-corrected chi connectivity index (χ1v) is 9.59. The summed E-state index contributed by atoms with van der Waals surface area (Å²) in [6.07, 6.45) is 7.78. The van der Waals surface area contributed by atoms with Gasteiger partial charge in [0.1, 0.15) is 17.9 Å². The summed E-state index contributed by atoms with van der Waals surface area (Å²) in [7, 11) is 5.40. The molecule has 1 saturated carbocycles. The van der Waals surface area contributed by atoms with Crippen molar-refractivity contribution in [2.45, 2.75) is 44.1 Å². The quantitative estimate of drug-likeness (QED) is 0.603. The molecular weight excluding hydrogens is 340 g/mol. The van der Waals surface area contributed by atoms with E-state index >= 15 is 0 Å². The zero-order chi connectivity index (χ0) is 19.1. The highest BCUT2D eigenvalue weighted by Crippen LogP contribution is 2.39. The molecule has 1 fully saturated rings. The average Bonchev–Trinajstić information content (AvgIpc) is 3.13. The fourth-order valence-corrected chi connectivity index (χ4v) is 3.86. The van der Waals surface area contributed by atoms with E-state index in [9.17, 15) is 0 Å². The monoisotopic (exact) mass is 370 g/mol. The van der Waals surface area contributed by atoms with Crippen LogP contribution in [0.1, 0.15) is 43.5 Å². The first-order chi connectivity index (χ1) is 13.2. The van der Waals surface area contributed by atoms with Crippen LogP contribution in [0.3, 0.4) is 0 Å². The van der Waals surface area contributed by atoms with E-state index in [0.29, 0.717) is 6.54 Å². The number of guanidine groups is 1. The van der Waals surface area contributed by atoms with Gasteiger partial charge in [-0.25, -0.2) is 4.98 Å². The van der Waals surface area contributed by atoms with Gasteiger partial charge in [0.15, 0.2) is 5.96 Å². The highest BCUT2D eigenvalue weighted by molar-refractivity contribution is 5.79. The van der Waals surface area contributed by atoms with Crippen LogP contribution < -0.4 is 15.4 Å². The lowest BCUT2D eigenvalue weighted by molar-refractivity contribution is 0.291. The van der Waals surface area contributed by atoms with Crippen molar-refractivity contribution in [2.75, 3.05) is 20.7 Å². The van der Waals surface area contributed by atoms with Crippen LogP contribution in [0.15, 0.2) is 35.6 Å². The van der Waals surface area contributed by atoms with Crippen LogP contribution in [-0.4, -0.2) is 41.4 Å². The standard InChI is InChI=1S/C20H30N6O/c1-21-19(22-13-18-24-15-25-26(18)2)23-14-20(11-5-4-6-12-20)16-7-9-17(27-3)10-8-16/h7-10,15H,4-6,11-14H2,1-3H3,(H2,21,22,23). The minimum Gasteiger partial charge on any atom is -0.497 e. The van der Waals surface area contributed by atoms with E-state index in [-0.39, 0.29) is 5.41 Å². The summed E-state index contributed by atoms with van der Waals surface area (Å²) >= 11 is 0. The summed E-state index contributed by atoms with van der Waals surface area (Å²) in [5, 5.41) is 11.0. The lowest BCUT2D eigenvalue weighted by Gasteiger charge is -2.38. The molecule has 1 heterocycles. The molecule has 7 heteroatoms. The maximum atomic E-state index is 5.32. The molecule has 0 spiro atoms. The highest BCUT2D eigenvalue weighted by atomic mass is 16.5. The number of rotatable bonds is 6. The van der Waals surface area contributed by atoms with Gasteiger partial charge in [-0.15, -0.1) is 0 Å². The molecule has 0 bridgehead atoms. The summed E-state index contributed by atoms with van der Waals surface area (Å²) in [5.74, 6) is 2.57. The second kappa shape index (κ2) is 8.88. The number of hydrogen-bond acceptors (Lipinski definition) is 4. The van der Waals surface area contributed by atoms with E-state index in [4.69, 9.17) is 4.74 Å². The van der Waals surface area contributed by atoms with Gasteiger partial charge in [0.05, 0.1) is 13.7 Å². The Morgan fingerprint density at radius 2 is 1.93 bits per heavy atom. The molecule has 0 radical (unpaired) electrons. The molecule has 2 N–H and O–H groups in total. The normalized spacial score (nSPS) is 16.8. The molecule has 1 aromatic carbocycles. The van der Waals surface area contributed by atoms with Crippen molar-refractivity contribution in [3.63, 3.8) is 0 Å². The summed E-state index contributed by atoms with van der Waals surface area (Å²) in [6.45, 7) is 1.45. The average molecular weight is 371 g/mol. The first kappa shape index (κ1) is 19.2. The van der Waals surface area contributed by atoms with E-state index in [1.807, 2.05) is 7.05 Å². The fourth-order valence-electron chi connectivity index (χ4n) is 3.86. The second-order valence-corrected chi connectivity index (χ2v) is 7.15. The predicted octanol–water partition coefficient (Wildman–Crippen LogP) is 2.39. The Hall–Kier alpha value is -2.57. The Morgan fingerprint density at radius 1 is 1.19 bits per heavy atom. The number of aryl methyl sites for hydroxylation is 1. The number of methoxy groups -OCH3 is 1. The van der Waals surface area contributed by atoms with Gasteiger partial charge in [0.2, 0.25) is 0 Å². The number of nitrogens with zero attached hydrogens (tertiary/aromatic N) is 4. The summed E-state index contributed by atoms with van der Waals surface area (Å²) < 4.78 is 7.09. The van der Waals surface area contributed by atoms with Gasteiger partial charge in [-0.2, -0.15) is 5.10 Å². The molecule has 1 aromatic heterocycles. The first-order valence-electron chi connectivity index (χ1n) is 9.59. The van der Waals surface area contributed by atoms with Crippen molar-refractivity contribution in [3.8, 4) is 5.75 Å². The molecule has 2 aromatic rings. The SMILES string of the molecule is CN=C(NCc1ncnn1C)NCC1(c2ccc(OC)cc2)CCCCC1. The van der Waals surface area contributed by atoms with E-state index in [2.05, 4.69) is 50.0 Å². The zero-order valence-corrected chi connectivity index (χ0v) is 16.5. The third-order valence-corrected chi connectivity index (χ3v) is 5.55. The van der Waals surface area contributed by atoms with Crippen LogP contribution in [-0.2, 0) is 19.0 Å². The third kappa shape index (κ3) is 4.59. The van der Waals surface area contributed by atoms with Crippen LogP contribution in [0, 0.1) is 0 Å². The maximum absolute atomic E-state index is 5.32. The number of benzene rings is 1. The Bertz CT molecular complexity index is 746. The van der Waals surface area contributed by atoms with E-state index < -0.39 is 0 Å². The minimum atomic E-state index is 0.132. The molecule has 3 rings (SSSR count). The number of nitrogens with one attached hydrogen (secondary N) is 2. The molecule has 0 amide bonds. The number of ether oxygens (including phenoxy) is 1. The van der Waals surface area contributed by atoms with Gasteiger partial charge >= 0.3 is 0 Å². The van der Waals surface area contributed by atoms with Crippen LogP contribution in [0.2, 0.25) is 0 Å². The fraction of sp³-hybridized carbons (Fsp3) is 0.550. The van der Waals surface area contributed by atoms with Crippen LogP contribution >= 0.6 is 0 Å². The summed E-state index contributed by atoms with van der Waals surface area (Å²) in [6, 6.07) is 8.54. The zero-order valence-electron chi connectivity index (χ0n) is 16.5. The van der Waals surface area contributed by atoms with Crippen LogP contribution in [0.5, 0.6) is 5.75 Å². The predicted molar refractivity (Wildman–Crippen MR) is 107 cm³/mol. The van der Waals surface area contributed by atoms with Gasteiger partial charge in [0.25, 0.3) is 0 Å². The molecular formula is C20H30N6O. The molecule has 1 aliphatic carbocycles. The summed E-state index contributed by atoms with van der Waals surface area (Å²) in [4.78, 5) is 8.61. The van der Waals surface area contributed by atoms with Crippen molar-refractivity contribution in [2.24, 2.45) is 12.0 Å². The van der Waals surface area contributed by atoms with Crippen molar-refractivity contribution in [3.05, 3.63) is 42.0 Å². The molecule has 0 atom stereocenters. The van der Waals surface area contributed by atoms with Crippen molar-refractivity contribution >= 4 is 5.96 Å². The number of aliphatic imine (C=N–C) groups is 1. The second-order valence-electron chi connectivity index (χ2n) is 7.15.